The molecule has 376 valence electrons. The molecule has 2 bridgehead atoms. The molecule has 20 heteroatoms. The van der Waals surface area contributed by atoms with E-state index in [0.29, 0.717) is 80.7 Å². The number of rotatable bonds is 13. The van der Waals surface area contributed by atoms with Crippen molar-refractivity contribution in [2.75, 3.05) is 63.2 Å². The Balaban J connectivity index is 0.761. The molecular weight excluding hydrogens is 943 g/mol. The SMILES string of the molecule is C#Cc1c(F)ccc2cc(O)cc(-c3ncc4c(N5CC6CCC(C5)N6)nc(OCC56CCC(COC(=O)N(C)CCCNc7cccc8c7C(=O)N(C7CCC(=O)NC7=O)C8=O)N5CC(=C)C6)nc4c3F)c12. The molecule has 4 N–H and O–H groups in total. The third-order valence-electron chi connectivity index (χ3n) is 15.2. The molecule has 6 aliphatic heterocycles. The number of hydrogen-bond acceptors (Lipinski definition) is 15. The van der Waals surface area contributed by atoms with Gasteiger partial charge < -0.3 is 35.0 Å². The van der Waals surface area contributed by atoms with Gasteiger partial charge in [0.2, 0.25) is 11.8 Å². The molecule has 0 radical (unpaired) electrons. The number of aromatic nitrogens is 3. The Kier molecular flexibility index (Phi) is 12.2. The number of phenols is 1. The quantitative estimate of drug-likeness (QED) is 0.0513. The van der Waals surface area contributed by atoms with Crippen molar-refractivity contribution >= 4 is 62.9 Å². The number of amides is 5. The Morgan fingerprint density at radius 2 is 1.86 bits per heavy atom. The van der Waals surface area contributed by atoms with Crippen molar-refractivity contribution in [2.45, 2.75) is 81.1 Å². The maximum absolute atomic E-state index is 17.2. The molecule has 5 atom stereocenters. The fourth-order valence-corrected chi connectivity index (χ4v) is 11.8. The van der Waals surface area contributed by atoms with Gasteiger partial charge in [0.1, 0.15) is 47.9 Å². The molecule has 5 fully saturated rings. The molecule has 0 spiro atoms. The topological polar surface area (TPSA) is 212 Å². The summed E-state index contributed by atoms with van der Waals surface area (Å²) in [5.74, 6) is -1.14. The molecule has 8 heterocycles. The molecule has 11 rings (SSSR count). The summed E-state index contributed by atoms with van der Waals surface area (Å²) in [6.07, 6.45) is 11.3. The van der Waals surface area contributed by atoms with Gasteiger partial charge in [-0.25, -0.2) is 13.6 Å². The number of phenolic OH excluding ortho intramolecular Hbond substituents is 1. The summed E-state index contributed by atoms with van der Waals surface area (Å²) in [5.41, 5.74) is 1.00. The van der Waals surface area contributed by atoms with Crippen LogP contribution in [0.3, 0.4) is 0 Å². The van der Waals surface area contributed by atoms with Crippen LogP contribution in [0.4, 0.5) is 25.1 Å². The number of aromatic hydroxyl groups is 1. The van der Waals surface area contributed by atoms with Crippen molar-refractivity contribution < 1.29 is 47.3 Å². The third kappa shape index (κ3) is 8.49. The Bertz CT molecular complexity index is 3230. The number of hydrogen-bond donors (Lipinski definition) is 4. The number of ether oxygens (including phenoxy) is 2. The molecule has 0 aliphatic carbocycles. The van der Waals surface area contributed by atoms with Crippen LogP contribution in [0, 0.1) is 24.0 Å². The number of piperidine rings is 1. The van der Waals surface area contributed by atoms with Crippen molar-refractivity contribution in [3.8, 4) is 35.4 Å². The van der Waals surface area contributed by atoms with E-state index in [2.05, 4.69) is 48.2 Å². The number of carbonyl (C=O) groups is 5. The van der Waals surface area contributed by atoms with Crippen LogP contribution in [-0.2, 0) is 14.3 Å². The van der Waals surface area contributed by atoms with E-state index in [4.69, 9.17) is 20.9 Å². The summed E-state index contributed by atoms with van der Waals surface area (Å²) < 4.78 is 44.7. The van der Waals surface area contributed by atoms with Crippen LogP contribution in [0.1, 0.15) is 77.6 Å². The largest absolute Gasteiger partial charge is 0.508 e. The molecule has 6 aliphatic rings. The van der Waals surface area contributed by atoms with Crippen LogP contribution in [0.5, 0.6) is 11.8 Å². The van der Waals surface area contributed by atoms with Crippen molar-refractivity contribution in [1.29, 1.82) is 0 Å². The monoisotopic (exact) mass is 994 g/mol. The number of benzene rings is 3. The normalized spacial score (nSPS) is 23.5. The number of carbonyl (C=O) groups excluding carboxylic acids is 5. The number of terminal acetylenes is 1. The fraction of sp³-hybridized carbons (Fsp3) is 0.396. The van der Waals surface area contributed by atoms with Crippen molar-refractivity contribution in [1.82, 2.24) is 40.3 Å². The van der Waals surface area contributed by atoms with Gasteiger partial charge in [-0.15, -0.1) is 6.42 Å². The molecule has 3 aromatic carbocycles. The molecule has 0 saturated carbocycles. The number of anilines is 2. The summed E-state index contributed by atoms with van der Waals surface area (Å²) in [6.45, 7) is 7.05. The molecule has 18 nitrogen and oxygen atoms in total. The number of nitrogens with zero attached hydrogens (tertiary/aromatic N) is 7. The standard InChI is InChI=1S/C53H52F2N10O8/c1-4-34-38(54)12-9-29-19-33(66)20-36(42(29)34)45-44(55)46-37(22-57-45)47(63-24-30-10-11-31(25-63)58-30)61-51(60-46)73-27-53-16-15-32(64(53)23-28(2)21-53)26-72-52(71)62(3)18-6-17-56-39-8-5-7-35-43(39)50(70)65(49(35)69)40-13-14-41(67)59-48(40)68/h1,5,7-9,12,19-20,22,30-32,40,56,58,66H,2,6,10-11,13-18,21,23-27H2,3H3,(H,59,67,68). The van der Waals surface area contributed by atoms with E-state index in [0.717, 1.165) is 23.3 Å². The van der Waals surface area contributed by atoms with Crippen LogP contribution >= 0.6 is 0 Å². The van der Waals surface area contributed by atoms with Crippen LogP contribution < -0.4 is 25.6 Å². The Morgan fingerprint density at radius 3 is 2.64 bits per heavy atom. The van der Waals surface area contributed by atoms with E-state index in [-0.39, 0.29) is 94.8 Å². The Labute approximate surface area is 418 Å². The summed E-state index contributed by atoms with van der Waals surface area (Å²) >= 11 is 0. The van der Waals surface area contributed by atoms with Gasteiger partial charge in [0.05, 0.1) is 27.6 Å². The number of halogens is 2. The highest BCUT2D eigenvalue weighted by Crippen LogP contribution is 2.45. The lowest BCUT2D eigenvalue weighted by Crippen LogP contribution is -2.54. The van der Waals surface area contributed by atoms with Crippen molar-refractivity contribution in [2.24, 2.45) is 0 Å². The fourth-order valence-electron chi connectivity index (χ4n) is 11.8. The molecule has 5 aromatic rings. The van der Waals surface area contributed by atoms with Crippen molar-refractivity contribution in [3.63, 3.8) is 0 Å². The van der Waals surface area contributed by atoms with Gasteiger partial charge in [0.15, 0.2) is 5.82 Å². The Morgan fingerprint density at radius 1 is 1.05 bits per heavy atom. The highest BCUT2D eigenvalue weighted by molar-refractivity contribution is 6.25. The third-order valence-corrected chi connectivity index (χ3v) is 15.2. The summed E-state index contributed by atoms with van der Waals surface area (Å²) in [6, 6.07) is 9.46. The Hall–Kier alpha value is -7.76. The number of piperazine rings is 1. The van der Waals surface area contributed by atoms with Gasteiger partial charge in [-0.3, -0.25) is 39.3 Å². The second-order valence-electron chi connectivity index (χ2n) is 19.9. The van der Waals surface area contributed by atoms with E-state index in [1.807, 2.05) is 0 Å². The van der Waals surface area contributed by atoms with Crippen LogP contribution in [0.25, 0.3) is 32.9 Å². The average Bonchev–Trinajstić information content (AvgIpc) is 4.08. The van der Waals surface area contributed by atoms with Gasteiger partial charge >= 0.3 is 12.1 Å². The van der Waals surface area contributed by atoms with E-state index in [1.165, 1.54) is 41.4 Å². The van der Waals surface area contributed by atoms with Gasteiger partial charge in [0, 0.05) is 87.2 Å². The van der Waals surface area contributed by atoms with Gasteiger partial charge in [-0.2, -0.15) is 9.97 Å². The highest BCUT2D eigenvalue weighted by atomic mass is 19.1. The summed E-state index contributed by atoms with van der Waals surface area (Å²) in [4.78, 5) is 85.3. The first-order chi connectivity index (χ1) is 35.2. The predicted molar refractivity (Wildman–Crippen MR) is 264 cm³/mol. The maximum atomic E-state index is 17.2. The van der Waals surface area contributed by atoms with E-state index >= 15 is 8.78 Å². The lowest BCUT2D eigenvalue weighted by molar-refractivity contribution is -0.136. The number of nitrogens with one attached hydrogen (secondary N) is 3. The first-order valence-corrected chi connectivity index (χ1v) is 24.5. The average molecular weight is 995 g/mol. The number of fused-ring (bicyclic) bond motifs is 6. The zero-order valence-corrected chi connectivity index (χ0v) is 40.0. The first-order valence-electron chi connectivity index (χ1n) is 24.5. The van der Waals surface area contributed by atoms with Crippen LogP contribution in [0.15, 0.2) is 60.8 Å². The molecule has 5 amide bonds. The van der Waals surface area contributed by atoms with Crippen LogP contribution in [0.2, 0.25) is 0 Å². The van der Waals surface area contributed by atoms with Gasteiger partial charge in [-0.05, 0) is 80.7 Å². The molecule has 2 aromatic heterocycles. The zero-order valence-electron chi connectivity index (χ0n) is 40.0. The smallest absolute Gasteiger partial charge is 0.409 e. The highest BCUT2D eigenvalue weighted by Gasteiger charge is 2.52. The molecule has 5 saturated heterocycles. The lowest BCUT2D eigenvalue weighted by atomic mass is 9.94. The molecule has 5 unspecified atom stereocenters. The zero-order chi connectivity index (χ0) is 50.9. The van der Waals surface area contributed by atoms with E-state index in [9.17, 15) is 29.1 Å². The summed E-state index contributed by atoms with van der Waals surface area (Å²) in [7, 11) is 1.64. The minimum absolute atomic E-state index is 0.0213. The number of imide groups is 2. The molecular formula is C53H52F2N10O8. The second-order valence-corrected chi connectivity index (χ2v) is 19.9. The van der Waals surface area contributed by atoms with Crippen LogP contribution in [-0.4, -0.2) is 147 Å². The van der Waals surface area contributed by atoms with Crippen molar-refractivity contribution in [3.05, 3.63) is 89.1 Å². The maximum Gasteiger partial charge on any atom is 0.409 e. The van der Waals surface area contributed by atoms with E-state index in [1.54, 1.807) is 19.2 Å². The number of pyridine rings is 1. The minimum Gasteiger partial charge on any atom is -0.508 e. The molecule has 73 heavy (non-hydrogen) atoms. The lowest BCUT2D eigenvalue weighted by Gasteiger charge is -2.35. The predicted octanol–water partition coefficient (Wildman–Crippen LogP) is 5.26. The summed E-state index contributed by atoms with van der Waals surface area (Å²) in [5, 5.41) is 20.8. The van der Waals surface area contributed by atoms with E-state index < -0.39 is 52.9 Å². The first kappa shape index (κ1) is 47.6. The van der Waals surface area contributed by atoms with Gasteiger partial charge in [0.25, 0.3) is 11.8 Å². The minimum atomic E-state index is -1.07. The van der Waals surface area contributed by atoms with Gasteiger partial charge in [-0.1, -0.05) is 30.2 Å². The second kappa shape index (κ2) is 18.7.